The molecule has 0 aromatic rings. The molecule has 0 spiro atoms. The van der Waals surface area contributed by atoms with Crippen molar-refractivity contribution in [1.29, 1.82) is 0 Å². The predicted molar refractivity (Wildman–Crippen MR) is 96.4 cm³/mol. The first-order valence-electron chi connectivity index (χ1n) is 8.49. The maximum atomic E-state index is 4.74. The molecule has 0 aliphatic carbocycles. The molecule has 0 amide bonds. The number of unbranched alkanes of at least 4 members (excludes halogenated alkanes) is 1. The van der Waals surface area contributed by atoms with Gasteiger partial charge in [-0.3, -0.25) is 4.99 Å². The number of hydrogen-bond acceptors (Lipinski definition) is 3. The molecule has 0 saturated carbocycles. The molecule has 0 aromatic heterocycles. The second-order valence-electron chi connectivity index (χ2n) is 5.96. The number of nitrogens with zero attached hydrogens (tertiary/aromatic N) is 2. The number of nitrogens with one attached hydrogen (secondary N) is 2. The van der Waals surface area contributed by atoms with Crippen molar-refractivity contribution in [1.82, 2.24) is 15.5 Å². The number of likely N-dealkylation sites (tertiary alicyclic amines) is 1. The molecule has 0 aromatic carbocycles. The van der Waals surface area contributed by atoms with Gasteiger partial charge in [0, 0.05) is 26.2 Å². The normalized spacial score (nSPS) is 18.0. The van der Waals surface area contributed by atoms with Crippen LogP contribution in [0.3, 0.4) is 0 Å². The molecule has 1 unspecified atom stereocenters. The molecule has 0 bridgehead atoms. The van der Waals surface area contributed by atoms with E-state index in [4.69, 9.17) is 4.99 Å². The van der Waals surface area contributed by atoms with Crippen molar-refractivity contribution in [3.05, 3.63) is 0 Å². The zero-order valence-electron chi connectivity index (χ0n) is 14.2. The SMILES string of the molecule is CCNC(=NCC(C)CN1CCCC1)NCCCCSC. The number of hydrogen-bond donors (Lipinski definition) is 2. The van der Waals surface area contributed by atoms with Crippen LogP contribution in [-0.2, 0) is 0 Å². The lowest BCUT2D eigenvalue weighted by atomic mass is 10.2. The Labute approximate surface area is 135 Å². The molecule has 124 valence electrons. The molecule has 1 rings (SSSR count). The van der Waals surface area contributed by atoms with Crippen molar-refractivity contribution >= 4 is 17.7 Å². The Kier molecular flexibility index (Phi) is 10.8. The van der Waals surface area contributed by atoms with E-state index in [0.29, 0.717) is 5.92 Å². The Morgan fingerprint density at radius 2 is 2.00 bits per heavy atom. The Balaban J connectivity index is 2.22. The molecule has 1 saturated heterocycles. The summed E-state index contributed by atoms with van der Waals surface area (Å²) in [5.74, 6) is 2.87. The third-order valence-electron chi connectivity index (χ3n) is 3.74. The summed E-state index contributed by atoms with van der Waals surface area (Å²) in [6.07, 6.45) is 7.40. The fraction of sp³-hybridized carbons (Fsp3) is 0.938. The van der Waals surface area contributed by atoms with Gasteiger partial charge >= 0.3 is 0 Å². The van der Waals surface area contributed by atoms with Crippen molar-refractivity contribution < 1.29 is 0 Å². The fourth-order valence-corrected chi connectivity index (χ4v) is 3.12. The minimum absolute atomic E-state index is 0.634. The number of aliphatic imine (C=N–C) groups is 1. The minimum atomic E-state index is 0.634. The maximum Gasteiger partial charge on any atom is 0.191 e. The highest BCUT2D eigenvalue weighted by Crippen LogP contribution is 2.10. The van der Waals surface area contributed by atoms with Gasteiger partial charge < -0.3 is 15.5 Å². The number of guanidine groups is 1. The van der Waals surface area contributed by atoms with E-state index >= 15 is 0 Å². The molecule has 0 radical (unpaired) electrons. The van der Waals surface area contributed by atoms with Gasteiger partial charge in [-0.2, -0.15) is 11.8 Å². The summed E-state index contributed by atoms with van der Waals surface area (Å²) in [6.45, 7) is 11.0. The quantitative estimate of drug-likeness (QED) is 0.369. The lowest BCUT2D eigenvalue weighted by Crippen LogP contribution is -2.38. The van der Waals surface area contributed by atoms with E-state index in [9.17, 15) is 0 Å². The van der Waals surface area contributed by atoms with Crippen LogP contribution < -0.4 is 10.6 Å². The molecule has 5 heteroatoms. The van der Waals surface area contributed by atoms with Crippen LogP contribution in [0, 0.1) is 5.92 Å². The summed E-state index contributed by atoms with van der Waals surface area (Å²) in [5.41, 5.74) is 0. The Morgan fingerprint density at radius 1 is 1.24 bits per heavy atom. The molecule has 21 heavy (non-hydrogen) atoms. The molecule has 1 atom stereocenters. The van der Waals surface area contributed by atoms with Gasteiger partial charge in [-0.15, -0.1) is 0 Å². The standard InChI is InChI=1S/C16H34N4S/c1-4-17-16(18-9-5-8-12-21-3)19-13-15(2)14-20-10-6-7-11-20/h15H,4-14H2,1-3H3,(H2,17,18,19). The smallest absolute Gasteiger partial charge is 0.191 e. The first-order chi connectivity index (χ1) is 10.3. The van der Waals surface area contributed by atoms with E-state index in [1.165, 1.54) is 51.1 Å². The fourth-order valence-electron chi connectivity index (χ4n) is 2.63. The lowest BCUT2D eigenvalue weighted by molar-refractivity contribution is 0.291. The first-order valence-corrected chi connectivity index (χ1v) is 9.89. The van der Waals surface area contributed by atoms with Crippen LogP contribution >= 0.6 is 11.8 Å². The Morgan fingerprint density at radius 3 is 2.67 bits per heavy atom. The highest BCUT2D eigenvalue weighted by atomic mass is 32.2. The van der Waals surface area contributed by atoms with Crippen LogP contribution in [0.4, 0.5) is 0 Å². The van der Waals surface area contributed by atoms with E-state index < -0.39 is 0 Å². The largest absolute Gasteiger partial charge is 0.357 e. The van der Waals surface area contributed by atoms with Gasteiger partial charge in [-0.05, 0) is 63.6 Å². The van der Waals surface area contributed by atoms with E-state index in [-0.39, 0.29) is 0 Å². The third-order valence-corrected chi connectivity index (χ3v) is 4.44. The molecule has 1 heterocycles. The summed E-state index contributed by atoms with van der Waals surface area (Å²) in [7, 11) is 0. The summed E-state index contributed by atoms with van der Waals surface area (Å²) >= 11 is 1.92. The van der Waals surface area contributed by atoms with Crippen molar-refractivity contribution in [2.45, 2.75) is 39.5 Å². The first kappa shape index (κ1) is 18.6. The van der Waals surface area contributed by atoms with Gasteiger partial charge in [0.2, 0.25) is 0 Å². The molecule has 1 fully saturated rings. The van der Waals surface area contributed by atoms with Crippen molar-refractivity contribution in [3.63, 3.8) is 0 Å². The summed E-state index contributed by atoms with van der Waals surface area (Å²) in [6, 6.07) is 0. The van der Waals surface area contributed by atoms with Crippen LogP contribution in [0.1, 0.15) is 39.5 Å². The number of thioether (sulfide) groups is 1. The highest BCUT2D eigenvalue weighted by molar-refractivity contribution is 7.98. The monoisotopic (exact) mass is 314 g/mol. The number of rotatable bonds is 10. The van der Waals surface area contributed by atoms with Crippen LogP contribution in [0.25, 0.3) is 0 Å². The van der Waals surface area contributed by atoms with Crippen LogP contribution in [0.15, 0.2) is 4.99 Å². The highest BCUT2D eigenvalue weighted by Gasteiger charge is 2.14. The molecular formula is C16H34N4S. The van der Waals surface area contributed by atoms with Crippen molar-refractivity contribution in [2.75, 3.05) is 51.3 Å². The van der Waals surface area contributed by atoms with E-state index in [1.807, 2.05) is 11.8 Å². The van der Waals surface area contributed by atoms with Gasteiger partial charge in [0.25, 0.3) is 0 Å². The average Bonchev–Trinajstić information content (AvgIpc) is 2.97. The van der Waals surface area contributed by atoms with Crippen molar-refractivity contribution in [2.24, 2.45) is 10.9 Å². The van der Waals surface area contributed by atoms with Crippen LogP contribution in [-0.4, -0.2) is 62.1 Å². The van der Waals surface area contributed by atoms with Crippen LogP contribution in [0.5, 0.6) is 0 Å². The predicted octanol–water partition coefficient (Wildman–Crippen LogP) is 2.42. The Hall–Kier alpha value is -0.420. The average molecular weight is 315 g/mol. The second kappa shape index (κ2) is 12.2. The minimum Gasteiger partial charge on any atom is -0.357 e. The molecule has 2 N–H and O–H groups in total. The zero-order chi connectivity index (χ0) is 15.3. The summed E-state index contributed by atoms with van der Waals surface area (Å²) in [4.78, 5) is 7.31. The molecule has 1 aliphatic rings. The van der Waals surface area contributed by atoms with Gasteiger partial charge in [-0.1, -0.05) is 6.92 Å². The second-order valence-corrected chi connectivity index (χ2v) is 6.94. The Bertz CT molecular complexity index is 277. The van der Waals surface area contributed by atoms with E-state index in [1.54, 1.807) is 0 Å². The molecule has 4 nitrogen and oxygen atoms in total. The molecular weight excluding hydrogens is 280 g/mol. The lowest BCUT2D eigenvalue weighted by Gasteiger charge is -2.19. The van der Waals surface area contributed by atoms with E-state index in [0.717, 1.165) is 25.6 Å². The van der Waals surface area contributed by atoms with Gasteiger partial charge in [0.05, 0.1) is 0 Å². The van der Waals surface area contributed by atoms with Gasteiger partial charge in [-0.25, -0.2) is 0 Å². The van der Waals surface area contributed by atoms with Crippen molar-refractivity contribution in [3.8, 4) is 0 Å². The summed E-state index contributed by atoms with van der Waals surface area (Å²) in [5, 5.41) is 6.79. The molecule has 1 aliphatic heterocycles. The van der Waals surface area contributed by atoms with Crippen LogP contribution in [0.2, 0.25) is 0 Å². The zero-order valence-corrected chi connectivity index (χ0v) is 15.0. The third kappa shape index (κ3) is 9.25. The maximum absolute atomic E-state index is 4.74. The topological polar surface area (TPSA) is 39.7 Å². The van der Waals surface area contributed by atoms with E-state index in [2.05, 4.69) is 35.6 Å². The summed E-state index contributed by atoms with van der Waals surface area (Å²) < 4.78 is 0. The van der Waals surface area contributed by atoms with Gasteiger partial charge in [0.1, 0.15) is 0 Å². The van der Waals surface area contributed by atoms with Gasteiger partial charge in [0.15, 0.2) is 5.96 Å².